The molecule has 1 aromatic heterocycles. The SMILES string of the molecule is COc1cc2c(Nc3ccc(Cl)cc3Cl)c(C#N)cnc2cc1OCC1CCN(C)CC1. The molecule has 0 radical (unpaired) electrons. The molecule has 0 spiro atoms. The van der Waals surface area contributed by atoms with E-state index in [9.17, 15) is 5.26 Å². The first-order valence-electron chi connectivity index (χ1n) is 10.4. The van der Waals surface area contributed by atoms with Gasteiger partial charge < -0.3 is 19.7 Å². The van der Waals surface area contributed by atoms with Crippen LogP contribution >= 0.6 is 23.2 Å². The average molecular weight is 471 g/mol. The fourth-order valence-electron chi connectivity index (χ4n) is 3.85. The molecule has 0 atom stereocenters. The first kappa shape index (κ1) is 22.5. The van der Waals surface area contributed by atoms with E-state index in [0.29, 0.717) is 56.5 Å². The van der Waals surface area contributed by atoms with Gasteiger partial charge in [-0.15, -0.1) is 0 Å². The van der Waals surface area contributed by atoms with E-state index < -0.39 is 0 Å². The maximum Gasteiger partial charge on any atom is 0.163 e. The predicted octanol–water partition coefficient (Wildman–Crippen LogP) is 5.89. The summed E-state index contributed by atoms with van der Waals surface area (Å²) >= 11 is 12.4. The molecule has 0 bridgehead atoms. The molecule has 8 heteroatoms. The third-order valence-corrected chi connectivity index (χ3v) is 6.33. The number of rotatable bonds is 6. The molecule has 0 amide bonds. The van der Waals surface area contributed by atoms with Crippen molar-refractivity contribution >= 4 is 45.5 Å². The number of benzene rings is 2. The lowest BCUT2D eigenvalue weighted by molar-refractivity contribution is 0.157. The molecule has 1 fully saturated rings. The Morgan fingerprint density at radius 1 is 1.19 bits per heavy atom. The summed E-state index contributed by atoms with van der Waals surface area (Å²) < 4.78 is 11.8. The Morgan fingerprint density at radius 2 is 1.97 bits per heavy atom. The molecule has 0 saturated carbocycles. The van der Waals surface area contributed by atoms with Crippen LogP contribution in [0.15, 0.2) is 36.5 Å². The normalized spacial score (nSPS) is 14.8. The van der Waals surface area contributed by atoms with E-state index in [1.807, 2.05) is 12.1 Å². The van der Waals surface area contributed by atoms with Gasteiger partial charge in [0.2, 0.25) is 0 Å². The maximum absolute atomic E-state index is 9.65. The van der Waals surface area contributed by atoms with Gasteiger partial charge in [-0.25, -0.2) is 0 Å². The minimum absolute atomic E-state index is 0.394. The Bertz CT molecular complexity index is 1170. The molecule has 1 aliphatic rings. The number of nitriles is 1. The first-order chi connectivity index (χ1) is 15.5. The number of hydrogen-bond acceptors (Lipinski definition) is 6. The molecule has 1 saturated heterocycles. The van der Waals surface area contributed by atoms with Crippen LogP contribution in [0.25, 0.3) is 10.9 Å². The van der Waals surface area contributed by atoms with Gasteiger partial charge in [0.15, 0.2) is 11.5 Å². The van der Waals surface area contributed by atoms with Crippen LogP contribution in [0, 0.1) is 17.2 Å². The van der Waals surface area contributed by atoms with Crippen molar-refractivity contribution in [3.8, 4) is 17.6 Å². The van der Waals surface area contributed by atoms with E-state index in [4.69, 9.17) is 32.7 Å². The van der Waals surface area contributed by atoms with Crippen molar-refractivity contribution in [3.63, 3.8) is 0 Å². The largest absolute Gasteiger partial charge is 0.493 e. The summed E-state index contributed by atoms with van der Waals surface area (Å²) in [6, 6.07) is 11.1. The molecule has 0 unspecified atom stereocenters. The number of likely N-dealkylation sites (tertiary alicyclic amines) is 1. The molecule has 4 rings (SSSR count). The monoisotopic (exact) mass is 470 g/mol. The Hall–Kier alpha value is -2.72. The topological polar surface area (TPSA) is 70.4 Å². The molecule has 166 valence electrons. The van der Waals surface area contributed by atoms with Crippen LogP contribution in [0.3, 0.4) is 0 Å². The van der Waals surface area contributed by atoms with Gasteiger partial charge >= 0.3 is 0 Å². The lowest BCUT2D eigenvalue weighted by Crippen LogP contribution is -2.32. The van der Waals surface area contributed by atoms with Crippen molar-refractivity contribution in [2.75, 3.05) is 39.2 Å². The lowest BCUT2D eigenvalue weighted by Gasteiger charge is -2.28. The highest BCUT2D eigenvalue weighted by Gasteiger charge is 2.19. The van der Waals surface area contributed by atoms with Gasteiger partial charge in [0.05, 0.1) is 41.2 Å². The second kappa shape index (κ2) is 9.83. The number of aromatic nitrogens is 1. The average Bonchev–Trinajstić information content (AvgIpc) is 2.80. The zero-order valence-corrected chi connectivity index (χ0v) is 19.5. The van der Waals surface area contributed by atoms with E-state index in [0.717, 1.165) is 31.3 Å². The smallest absolute Gasteiger partial charge is 0.163 e. The zero-order valence-electron chi connectivity index (χ0n) is 18.0. The number of anilines is 2. The molecule has 6 nitrogen and oxygen atoms in total. The van der Waals surface area contributed by atoms with E-state index in [1.54, 1.807) is 31.5 Å². The predicted molar refractivity (Wildman–Crippen MR) is 128 cm³/mol. The summed E-state index contributed by atoms with van der Waals surface area (Å²) in [4.78, 5) is 6.81. The van der Waals surface area contributed by atoms with Gasteiger partial charge in [-0.1, -0.05) is 23.2 Å². The number of piperidine rings is 1. The Balaban J connectivity index is 1.67. The number of halogens is 2. The molecule has 2 heterocycles. The molecule has 1 N–H and O–H groups in total. The van der Waals surface area contributed by atoms with Crippen LogP contribution < -0.4 is 14.8 Å². The number of pyridine rings is 1. The zero-order chi connectivity index (χ0) is 22.7. The molecule has 3 aromatic rings. The minimum Gasteiger partial charge on any atom is -0.493 e. The summed E-state index contributed by atoms with van der Waals surface area (Å²) in [6.45, 7) is 2.81. The highest BCUT2D eigenvalue weighted by Crippen LogP contribution is 2.38. The summed E-state index contributed by atoms with van der Waals surface area (Å²) in [7, 11) is 3.75. The number of nitrogens with one attached hydrogen (secondary N) is 1. The molecular formula is C24H24Cl2N4O2. The fraction of sp³-hybridized carbons (Fsp3) is 0.333. The summed E-state index contributed by atoms with van der Waals surface area (Å²) in [5, 5.41) is 14.6. The van der Waals surface area contributed by atoms with Crippen LogP contribution in [0.1, 0.15) is 18.4 Å². The second-order valence-corrected chi connectivity index (χ2v) is 8.83. The van der Waals surface area contributed by atoms with Crippen LogP contribution in [-0.2, 0) is 0 Å². The quantitative estimate of drug-likeness (QED) is 0.484. The number of ether oxygens (including phenoxy) is 2. The Labute approximate surface area is 197 Å². The highest BCUT2D eigenvalue weighted by atomic mass is 35.5. The van der Waals surface area contributed by atoms with E-state index in [2.05, 4.69) is 28.3 Å². The van der Waals surface area contributed by atoms with Gasteiger partial charge in [-0.05, 0) is 63.2 Å². The van der Waals surface area contributed by atoms with Crippen molar-refractivity contribution in [3.05, 3.63) is 52.1 Å². The Morgan fingerprint density at radius 3 is 2.66 bits per heavy atom. The van der Waals surface area contributed by atoms with Gasteiger partial charge in [-0.2, -0.15) is 5.26 Å². The van der Waals surface area contributed by atoms with E-state index in [-0.39, 0.29) is 0 Å². The third kappa shape index (κ3) is 4.86. The van der Waals surface area contributed by atoms with Gasteiger partial charge in [-0.3, -0.25) is 4.98 Å². The molecule has 32 heavy (non-hydrogen) atoms. The molecule has 0 aliphatic carbocycles. The fourth-order valence-corrected chi connectivity index (χ4v) is 4.31. The maximum atomic E-state index is 9.65. The Kier molecular flexibility index (Phi) is 6.90. The van der Waals surface area contributed by atoms with Crippen molar-refractivity contribution in [1.82, 2.24) is 9.88 Å². The molecule has 2 aromatic carbocycles. The van der Waals surface area contributed by atoms with Gasteiger partial charge in [0.25, 0.3) is 0 Å². The summed E-state index contributed by atoms with van der Waals surface area (Å²) in [6.07, 6.45) is 3.78. The minimum atomic E-state index is 0.394. The number of fused-ring (bicyclic) bond motifs is 1. The van der Waals surface area contributed by atoms with Crippen LogP contribution in [0.5, 0.6) is 11.5 Å². The highest BCUT2D eigenvalue weighted by molar-refractivity contribution is 6.36. The van der Waals surface area contributed by atoms with Crippen molar-refractivity contribution in [1.29, 1.82) is 5.26 Å². The van der Waals surface area contributed by atoms with Gasteiger partial charge in [0, 0.05) is 22.7 Å². The molecular weight excluding hydrogens is 447 g/mol. The molecule has 1 aliphatic heterocycles. The van der Waals surface area contributed by atoms with Crippen LogP contribution in [0.2, 0.25) is 10.0 Å². The van der Waals surface area contributed by atoms with Crippen LogP contribution in [0.4, 0.5) is 11.4 Å². The van der Waals surface area contributed by atoms with E-state index >= 15 is 0 Å². The first-order valence-corrected chi connectivity index (χ1v) is 11.2. The summed E-state index contributed by atoms with van der Waals surface area (Å²) in [5.41, 5.74) is 2.32. The standard InChI is InChI=1S/C24H24Cl2N4O2/c1-30-7-5-15(6-8-30)14-32-23-11-21-18(10-22(23)31-2)24(16(12-27)13-28-21)29-20-4-3-17(25)9-19(20)26/h3-4,9-11,13,15H,5-8,14H2,1-2H3,(H,28,29). The lowest BCUT2D eigenvalue weighted by atomic mass is 9.98. The van der Waals surface area contributed by atoms with E-state index in [1.165, 1.54) is 0 Å². The van der Waals surface area contributed by atoms with Crippen molar-refractivity contribution in [2.24, 2.45) is 5.92 Å². The van der Waals surface area contributed by atoms with Gasteiger partial charge in [0.1, 0.15) is 6.07 Å². The van der Waals surface area contributed by atoms with Crippen molar-refractivity contribution < 1.29 is 9.47 Å². The number of nitrogens with zero attached hydrogens (tertiary/aromatic N) is 3. The summed E-state index contributed by atoms with van der Waals surface area (Å²) in [5.74, 6) is 1.75. The second-order valence-electron chi connectivity index (χ2n) is 7.99. The number of methoxy groups -OCH3 is 1. The van der Waals surface area contributed by atoms with Crippen LogP contribution in [-0.4, -0.2) is 43.7 Å². The number of hydrogen-bond donors (Lipinski definition) is 1. The third-order valence-electron chi connectivity index (χ3n) is 5.78. The van der Waals surface area contributed by atoms with Crippen molar-refractivity contribution in [2.45, 2.75) is 12.8 Å².